The Morgan fingerprint density at radius 3 is 2.52 bits per heavy atom. The highest BCUT2D eigenvalue weighted by Crippen LogP contribution is 2.60. The van der Waals surface area contributed by atoms with E-state index in [1.165, 1.54) is 18.2 Å². The smallest absolute Gasteiger partial charge is 0.426 e. The summed E-state index contributed by atoms with van der Waals surface area (Å²) in [6.07, 6.45) is -3.79. The molecular formula is C16H15ClF4O2. The van der Waals surface area contributed by atoms with Crippen molar-refractivity contribution in [1.82, 2.24) is 0 Å². The van der Waals surface area contributed by atoms with Crippen molar-refractivity contribution in [3.05, 3.63) is 46.8 Å². The summed E-state index contributed by atoms with van der Waals surface area (Å²) in [6.45, 7) is 3.05. The summed E-state index contributed by atoms with van der Waals surface area (Å²) >= 11 is 5.22. The lowest BCUT2D eigenvalue weighted by atomic mass is 10.1. The Balaban J connectivity index is 2.02. The first-order chi connectivity index (χ1) is 10.5. The number of ether oxygens (including phenoxy) is 1. The Kier molecular flexibility index (Phi) is 4.76. The van der Waals surface area contributed by atoms with Crippen LogP contribution in [0.25, 0.3) is 0 Å². The fourth-order valence-electron chi connectivity index (χ4n) is 2.55. The number of esters is 1. The maximum Gasteiger partial charge on any atom is 0.426 e. The van der Waals surface area contributed by atoms with Crippen LogP contribution in [0.1, 0.15) is 19.4 Å². The average Bonchev–Trinajstić information content (AvgIpc) is 2.97. The van der Waals surface area contributed by atoms with Crippen molar-refractivity contribution in [2.75, 3.05) is 0 Å². The van der Waals surface area contributed by atoms with Crippen molar-refractivity contribution in [2.45, 2.75) is 26.6 Å². The van der Waals surface area contributed by atoms with Crippen LogP contribution in [0.15, 0.2) is 35.4 Å². The SMILES string of the molecule is CC1(C)[C@H](C(=O)OCc2ccccc2F)[C@@H]1C=C(Cl)C(F)(F)F. The maximum atomic E-state index is 13.4. The van der Waals surface area contributed by atoms with E-state index in [0.29, 0.717) is 0 Å². The molecule has 23 heavy (non-hydrogen) atoms. The van der Waals surface area contributed by atoms with Crippen LogP contribution in [0.2, 0.25) is 0 Å². The molecule has 2 rings (SSSR count). The summed E-state index contributed by atoms with van der Waals surface area (Å²) in [5.74, 6) is -2.56. The van der Waals surface area contributed by atoms with Crippen molar-refractivity contribution >= 4 is 17.6 Å². The lowest BCUT2D eigenvalue weighted by Gasteiger charge is -2.06. The third-order valence-electron chi connectivity index (χ3n) is 4.09. The molecule has 0 amide bonds. The fourth-order valence-corrected chi connectivity index (χ4v) is 2.68. The fraction of sp³-hybridized carbons (Fsp3) is 0.438. The first-order valence-electron chi connectivity index (χ1n) is 6.89. The van der Waals surface area contributed by atoms with Gasteiger partial charge in [-0.25, -0.2) is 4.39 Å². The first kappa shape index (κ1) is 17.8. The van der Waals surface area contributed by atoms with E-state index < -0.39 is 40.2 Å². The summed E-state index contributed by atoms with van der Waals surface area (Å²) in [7, 11) is 0. The number of carbonyl (C=O) groups excluding carboxylic acids is 1. The highest BCUT2D eigenvalue weighted by Gasteiger charge is 2.62. The summed E-state index contributed by atoms with van der Waals surface area (Å²) in [5.41, 5.74) is -0.475. The van der Waals surface area contributed by atoms with Gasteiger partial charge in [-0.3, -0.25) is 4.79 Å². The molecule has 1 fully saturated rings. The van der Waals surface area contributed by atoms with Crippen LogP contribution < -0.4 is 0 Å². The second-order valence-electron chi connectivity index (χ2n) is 6.04. The van der Waals surface area contributed by atoms with Gasteiger partial charge in [0, 0.05) is 5.56 Å². The third kappa shape index (κ3) is 3.86. The Morgan fingerprint density at radius 2 is 1.96 bits per heavy atom. The van der Waals surface area contributed by atoms with E-state index in [4.69, 9.17) is 16.3 Å². The predicted octanol–water partition coefficient (Wildman–Crippen LogP) is 4.83. The molecule has 0 heterocycles. The zero-order valence-electron chi connectivity index (χ0n) is 12.5. The monoisotopic (exact) mass is 350 g/mol. The van der Waals surface area contributed by atoms with Gasteiger partial charge in [0.25, 0.3) is 0 Å². The molecule has 1 aromatic rings. The van der Waals surface area contributed by atoms with Crippen LogP contribution >= 0.6 is 11.6 Å². The molecule has 0 radical (unpaired) electrons. The highest BCUT2D eigenvalue weighted by molar-refractivity contribution is 6.30. The van der Waals surface area contributed by atoms with Gasteiger partial charge in [-0.2, -0.15) is 13.2 Å². The number of carbonyl (C=O) groups is 1. The number of benzene rings is 1. The van der Waals surface area contributed by atoms with E-state index in [1.807, 2.05) is 0 Å². The Hall–Kier alpha value is -1.56. The van der Waals surface area contributed by atoms with Crippen molar-refractivity contribution < 1.29 is 27.1 Å². The van der Waals surface area contributed by atoms with Gasteiger partial charge in [-0.15, -0.1) is 0 Å². The van der Waals surface area contributed by atoms with Gasteiger partial charge in [0.1, 0.15) is 17.5 Å². The van der Waals surface area contributed by atoms with Crippen LogP contribution in [0.5, 0.6) is 0 Å². The van der Waals surface area contributed by atoms with E-state index in [9.17, 15) is 22.4 Å². The Morgan fingerprint density at radius 1 is 1.35 bits per heavy atom. The first-order valence-corrected chi connectivity index (χ1v) is 7.27. The maximum absolute atomic E-state index is 13.4. The lowest BCUT2D eigenvalue weighted by Crippen LogP contribution is -2.11. The average molecular weight is 351 g/mol. The standard InChI is InChI=1S/C16H15ClF4O2/c1-15(2)10(7-12(17)16(19,20)21)13(15)14(22)23-8-9-5-3-4-6-11(9)18/h3-7,10,13H,8H2,1-2H3/t10-,13-/m0/s1. The molecule has 1 aromatic carbocycles. The van der Waals surface area contributed by atoms with E-state index in [-0.39, 0.29) is 12.2 Å². The van der Waals surface area contributed by atoms with Crippen molar-refractivity contribution in [2.24, 2.45) is 17.3 Å². The van der Waals surface area contributed by atoms with Gasteiger partial charge >= 0.3 is 12.1 Å². The zero-order valence-corrected chi connectivity index (χ0v) is 13.2. The molecule has 1 aliphatic rings. The number of alkyl halides is 3. The third-order valence-corrected chi connectivity index (χ3v) is 4.43. The van der Waals surface area contributed by atoms with Gasteiger partial charge in [0.05, 0.1) is 5.92 Å². The number of allylic oxidation sites excluding steroid dienone is 2. The Labute approximate surface area is 136 Å². The zero-order chi connectivity index (χ0) is 17.4. The summed E-state index contributed by atoms with van der Waals surface area (Å²) in [5, 5.41) is -1.25. The predicted molar refractivity (Wildman–Crippen MR) is 76.9 cm³/mol. The highest BCUT2D eigenvalue weighted by atomic mass is 35.5. The molecule has 7 heteroatoms. The van der Waals surface area contributed by atoms with Crippen LogP contribution in [0, 0.1) is 23.1 Å². The number of hydrogen-bond donors (Lipinski definition) is 0. The number of rotatable bonds is 4. The van der Waals surface area contributed by atoms with E-state index >= 15 is 0 Å². The molecule has 0 unspecified atom stereocenters. The van der Waals surface area contributed by atoms with Gasteiger partial charge in [0.15, 0.2) is 0 Å². The molecule has 0 N–H and O–H groups in total. The van der Waals surface area contributed by atoms with Crippen LogP contribution in [0.4, 0.5) is 17.6 Å². The topological polar surface area (TPSA) is 26.3 Å². The molecule has 0 spiro atoms. The lowest BCUT2D eigenvalue weighted by molar-refractivity contribution is -0.147. The number of halogens is 5. The quantitative estimate of drug-likeness (QED) is 0.574. The molecule has 1 saturated carbocycles. The van der Waals surface area contributed by atoms with Gasteiger partial charge in [0.2, 0.25) is 0 Å². The molecule has 1 aliphatic carbocycles. The molecule has 126 valence electrons. The van der Waals surface area contributed by atoms with Crippen molar-refractivity contribution in [3.8, 4) is 0 Å². The van der Waals surface area contributed by atoms with Crippen LogP contribution in [0.3, 0.4) is 0 Å². The van der Waals surface area contributed by atoms with Crippen molar-refractivity contribution in [1.29, 1.82) is 0 Å². The minimum Gasteiger partial charge on any atom is -0.460 e. The molecule has 2 atom stereocenters. The molecular weight excluding hydrogens is 336 g/mol. The molecule has 0 bridgehead atoms. The van der Waals surface area contributed by atoms with E-state index in [0.717, 1.165) is 6.08 Å². The van der Waals surface area contributed by atoms with Gasteiger partial charge < -0.3 is 4.74 Å². The summed E-state index contributed by atoms with van der Waals surface area (Å²) in [4.78, 5) is 12.0. The molecule has 2 nitrogen and oxygen atoms in total. The van der Waals surface area contributed by atoms with Crippen molar-refractivity contribution in [3.63, 3.8) is 0 Å². The minimum absolute atomic E-state index is 0.208. The normalized spacial score (nSPS) is 23.5. The van der Waals surface area contributed by atoms with E-state index in [2.05, 4.69) is 0 Å². The minimum atomic E-state index is -4.64. The number of hydrogen-bond acceptors (Lipinski definition) is 2. The molecule has 0 aromatic heterocycles. The second kappa shape index (κ2) is 6.15. The summed E-state index contributed by atoms with van der Waals surface area (Å²) in [6, 6.07) is 5.81. The molecule has 0 saturated heterocycles. The molecule has 0 aliphatic heterocycles. The largest absolute Gasteiger partial charge is 0.460 e. The van der Waals surface area contributed by atoms with Gasteiger partial charge in [-0.1, -0.05) is 49.7 Å². The Bertz CT molecular complexity index is 637. The van der Waals surface area contributed by atoms with E-state index in [1.54, 1.807) is 19.9 Å². The summed E-state index contributed by atoms with van der Waals surface area (Å²) < 4.78 is 55.9. The van der Waals surface area contributed by atoms with Gasteiger partial charge in [-0.05, 0) is 17.4 Å². The van der Waals surface area contributed by atoms with Crippen LogP contribution in [-0.4, -0.2) is 12.1 Å². The second-order valence-corrected chi connectivity index (χ2v) is 6.44. The van der Waals surface area contributed by atoms with Crippen LogP contribution in [-0.2, 0) is 16.1 Å².